The van der Waals surface area contributed by atoms with E-state index in [2.05, 4.69) is 14.3 Å². The van der Waals surface area contributed by atoms with E-state index in [0.29, 0.717) is 5.56 Å². The molecule has 1 fully saturated rings. The molecule has 1 aromatic carbocycles. The Morgan fingerprint density at radius 3 is 2.64 bits per heavy atom. The SMILES string of the molecule is CCc1nsc(N2CCC(=Cc3ccc(F)c(F)c3)CC2)n1. The second-order valence-electron chi connectivity index (χ2n) is 5.31. The third-order valence-electron chi connectivity index (χ3n) is 3.76. The van der Waals surface area contributed by atoms with Gasteiger partial charge in [0, 0.05) is 31.0 Å². The third kappa shape index (κ3) is 3.32. The number of halogens is 2. The van der Waals surface area contributed by atoms with E-state index in [4.69, 9.17) is 0 Å². The molecule has 6 heteroatoms. The number of piperidine rings is 1. The third-order valence-corrected chi connectivity index (χ3v) is 4.58. The maximum atomic E-state index is 13.2. The lowest BCUT2D eigenvalue weighted by molar-refractivity contribution is 0.508. The number of anilines is 1. The summed E-state index contributed by atoms with van der Waals surface area (Å²) in [4.78, 5) is 6.74. The van der Waals surface area contributed by atoms with Gasteiger partial charge in [-0.05, 0) is 30.5 Å². The molecule has 1 aliphatic heterocycles. The van der Waals surface area contributed by atoms with Crippen molar-refractivity contribution >= 4 is 22.7 Å². The van der Waals surface area contributed by atoms with Gasteiger partial charge in [0.1, 0.15) is 5.82 Å². The lowest BCUT2D eigenvalue weighted by Gasteiger charge is -2.27. The summed E-state index contributed by atoms with van der Waals surface area (Å²) in [6.45, 7) is 3.81. The summed E-state index contributed by atoms with van der Waals surface area (Å²) < 4.78 is 30.5. The number of hydrogen-bond donors (Lipinski definition) is 0. The fourth-order valence-electron chi connectivity index (χ4n) is 2.48. The Labute approximate surface area is 132 Å². The van der Waals surface area contributed by atoms with E-state index >= 15 is 0 Å². The fraction of sp³-hybridized carbons (Fsp3) is 0.375. The lowest BCUT2D eigenvalue weighted by atomic mass is 10.0. The molecule has 116 valence electrons. The van der Waals surface area contributed by atoms with Gasteiger partial charge in [0.05, 0.1) is 0 Å². The number of aromatic nitrogens is 2. The quantitative estimate of drug-likeness (QED) is 0.853. The summed E-state index contributed by atoms with van der Waals surface area (Å²) in [5.41, 5.74) is 1.97. The molecule has 0 spiro atoms. The molecule has 0 saturated carbocycles. The Balaban J connectivity index is 1.65. The van der Waals surface area contributed by atoms with Crippen LogP contribution >= 0.6 is 11.5 Å². The van der Waals surface area contributed by atoms with Crippen LogP contribution in [0.1, 0.15) is 31.2 Å². The lowest BCUT2D eigenvalue weighted by Crippen LogP contribution is -2.30. The van der Waals surface area contributed by atoms with Gasteiger partial charge in [0.25, 0.3) is 0 Å². The van der Waals surface area contributed by atoms with E-state index in [0.717, 1.165) is 43.3 Å². The van der Waals surface area contributed by atoms with Crippen molar-refractivity contribution in [2.45, 2.75) is 26.2 Å². The minimum atomic E-state index is -0.806. The normalized spacial score (nSPS) is 15.2. The summed E-state index contributed by atoms with van der Waals surface area (Å²) in [7, 11) is 0. The maximum Gasteiger partial charge on any atom is 0.205 e. The predicted octanol–water partition coefficient (Wildman–Crippen LogP) is 4.06. The average Bonchev–Trinajstić information content (AvgIpc) is 3.01. The van der Waals surface area contributed by atoms with Crippen molar-refractivity contribution in [2.75, 3.05) is 18.0 Å². The molecule has 2 heterocycles. The van der Waals surface area contributed by atoms with Crippen LogP contribution in [-0.4, -0.2) is 22.4 Å². The molecule has 1 saturated heterocycles. The summed E-state index contributed by atoms with van der Waals surface area (Å²) in [6.07, 6.45) is 4.61. The first-order chi connectivity index (χ1) is 10.7. The van der Waals surface area contributed by atoms with Crippen LogP contribution in [0.25, 0.3) is 6.08 Å². The van der Waals surface area contributed by atoms with Gasteiger partial charge in [-0.25, -0.2) is 13.8 Å². The van der Waals surface area contributed by atoms with Crippen LogP contribution in [0.15, 0.2) is 23.8 Å². The maximum absolute atomic E-state index is 13.2. The van der Waals surface area contributed by atoms with Crippen molar-refractivity contribution in [2.24, 2.45) is 0 Å². The summed E-state index contributed by atoms with van der Waals surface area (Å²) in [6, 6.07) is 4.02. The molecule has 3 nitrogen and oxygen atoms in total. The molecule has 1 aliphatic rings. The summed E-state index contributed by atoms with van der Waals surface area (Å²) in [5.74, 6) is -0.712. The zero-order valence-electron chi connectivity index (χ0n) is 12.4. The topological polar surface area (TPSA) is 29.0 Å². The van der Waals surface area contributed by atoms with Crippen LogP contribution in [0, 0.1) is 11.6 Å². The number of nitrogens with zero attached hydrogens (tertiary/aromatic N) is 3. The molecule has 3 rings (SSSR count). The average molecular weight is 321 g/mol. The number of hydrogen-bond acceptors (Lipinski definition) is 4. The zero-order chi connectivity index (χ0) is 15.5. The van der Waals surface area contributed by atoms with Crippen LogP contribution in [-0.2, 0) is 6.42 Å². The largest absolute Gasteiger partial charge is 0.346 e. The Morgan fingerprint density at radius 2 is 2.00 bits per heavy atom. The first kappa shape index (κ1) is 15.1. The predicted molar refractivity (Wildman–Crippen MR) is 85.1 cm³/mol. The molecule has 0 bridgehead atoms. The van der Waals surface area contributed by atoms with Crippen molar-refractivity contribution < 1.29 is 8.78 Å². The van der Waals surface area contributed by atoms with Gasteiger partial charge in [-0.1, -0.05) is 24.6 Å². The second-order valence-corrected chi connectivity index (χ2v) is 6.04. The Morgan fingerprint density at radius 1 is 1.23 bits per heavy atom. The number of benzene rings is 1. The molecule has 2 aromatic rings. The summed E-state index contributed by atoms with van der Waals surface area (Å²) >= 11 is 1.44. The standard InChI is InChI=1S/C16H17F2N3S/c1-2-15-19-16(22-20-15)21-7-5-11(6-8-21)9-12-3-4-13(17)14(18)10-12/h3-4,9-10H,2,5-8H2,1H3. The zero-order valence-corrected chi connectivity index (χ0v) is 13.2. The van der Waals surface area contributed by atoms with Crippen LogP contribution in [0.3, 0.4) is 0 Å². The summed E-state index contributed by atoms with van der Waals surface area (Å²) in [5, 5.41) is 0.976. The highest BCUT2D eigenvalue weighted by molar-refractivity contribution is 7.09. The van der Waals surface area contributed by atoms with Crippen molar-refractivity contribution in [3.63, 3.8) is 0 Å². The molecule has 1 aromatic heterocycles. The minimum Gasteiger partial charge on any atom is -0.346 e. The first-order valence-corrected chi connectivity index (χ1v) is 8.15. The molecule has 0 unspecified atom stereocenters. The molecule has 0 atom stereocenters. The van der Waals surface area contributed by atoms with Gasteiger partial charge in [0.2, 0.25) is 5.13 Å². The van der Waals surface area contributed by atoms with E-state index in [9.17, 15) is 8.78 Å². The smallest absolute Gasteiger partial charge is 0.205 e. The fourth-order valence-corrected chi connectivity index (χ4v) is 3.29. The van der Waals surface area contributed by atoms with Gasteiger partial charge in [0.15, 0.2) is 11.6 Å². The van der Waals surface area contributed by atoms with Crippen molar-refractivity contribution in [1.82, 2.24) is 9.36 Å². The molecule has 0 aliphatic carbocycles. The van der Waals surface area contributed by atoms with E-state index < -0.39 is 11.6 Å². The van der Waals surface area contributed by atoms with Crippen molar-refractivity contribution in [1.29, 1.82) is 0 Å². The van der Waals surface area contributed by atoms with Gasteiger partial charge < -0.3 is 4.90 Å². The highest BCUT2D eigenvalue weighted by Gasteiger charge is 2.17. The molecule has 22 heavy (non-hydrogen) atoms. The van der Waals surface area contributed by atoms with E-state index in [-0.39, 0.29) is 0 Å². The van der Waals surface area contributed by atoms with Crippen LogP contribution < -0.4 is 4.90 Å². The second kappa shape index (κ2) is 6.52. The van der Waals surface area contributed by atoms with Crippen molar-refractivity contribution in [3.05, 3.63) is 46.8 Å². The number of rotatable bonds is 3. The Bertz CT molecular complexity index is 686. The van der Waals surface area contributed by atoms with E-state index in [1.54, 1.807) is 6.07 Å². The Kier molecular flexibility index (Phi) is 4.47. The molecule has 0 radical (unpaired) electrons. The first-order valence-electron chi connectivity index (χ1n) is 7.37. The highest BCUT2D eigenvalue weighted by Crippen LogP contribution is 2.26. The van der Waals surface area contributed by atoms with E-state index in [1.807, 2.05) is 13.0 Å². The number of aryl methyl sites for hydroxylation is 1. The van der Waals surface area contributed by atoms with Crippen molar-refractivity contribution in [3.8, 4) is 0 Å². The van der Waals surface area contributed by atoms with Gasteiger partial charge in [-0.15, -0.1) is 0 Å². The van der Waals surface area contributed by atoms with Crippen LogP contribution in [0.5, 0.6) is 0 Å². The molecular formula is C16H17F2N3S. The van der Waals surface area contributed by atoms with Crippen LogP contribution in [0.4, 0.5) is 13.9 Å². The highest BCUT2D eigenvalue weighted by atomic mass is 32.1. The minimum absolute atomic E-state index is 0.714. The monoisotopic (exact) mass is 321 g/mol. The Hall–Kier alpha value is -1.82. The molecular weight excluding hydrogens is 304 g/mol. The van der Waals surface area contributed by atoms with E-state index in [1.165, 1.54) is 29.2 Å². The van der Waals surface area contributed by atoms with Crippen LogP contribution in [0.2, 0.25) is 0 Å². The molecule has 0 N–H and O–H groups in total. The van der Waals surface area contributed by atoms with Gasteiger partial charge >= 0.3 is 0 Å². The molecule has 0 amide bonds. The van der Waals surface area contributed by atoms with Gasteiger partial charge in [-0.3, -0.25) is 0 Å². The van der Waals surface area contributed by atoms with Gasteiger partial charge in [-0.2, -0.15) is 4.37 Å².